The third-order valence-corrected chi connectivity index (χ3v) is 6.45. The molecule has 0 radical (unpaired) electrons. The zero-order chi connectivity index (χ0) is 27.7. The lowest BCUT2D eigenvalue weighted by molar-refractivity contribution is -0.0592. The van der Waals surface area contributed by atoms with Crippen LogP contribution in [0.3, 0.4) is 0 Å². The number of allylic oxidation sites excluding steroid dienone is 2. The summed E-state index contributed by atoms with van der Waals surface area (Å²) in [5.74, 6) is 0. The van der Waals surface area contributed by atoms with E-state index in [0.29, 0.717) is 21.4 Å². The zero-order valence-corrected chi connectivity index (χ0v) is 23.2. The van der Waals surface area contributed by atoms with Crippen molar-refractivity contribution < 1.29 is 27.2 Å². The Labute approximate surface area is 222 Å². The highest BCUT2D eigenvalue weighted by Crippen LogP contribution is 2.39. The van der Waals surface area contributed by atoms with E-state index in [1.165, 1.54) is 22.5 Å². The standard InChI is InChI=1S/2C14H20NO.H2O4S/c2*1-4-6-13-7-9-14(10-8-13)15(16-5-2)11-12(15)3;1-5(2,3)4/h2*4,7-10,12H,1,5-6,11H2,2-3H3;(H2,1,2,3,4)/q2*+1;/p-2. The molecule has 2 saturated heterocycles. The average molecular weight is 533 g/mol. The molecule has 204 valence electrons. The largest absolute Gasteiger partial charge is 0.759 e. The number of nitrogens with zero attached hydrogens (tertiary/aromatic N) is 2. The van der Waals surface area contributed by atoms with Crippen LogP contribution in [0.5, 0.6) is 0 Å². The number of hydrogen-bond acceptors (Lipinski definition) is 6. The van der Waals surface area contributed by atoms with Gasteiger partial charge in [0.2, 0.25) is 0 Å². The van der Waals surface area contributed by atoms with Crippen LogP contribution in [0.25, 0.3) is 0 Å². The Bertz CT molecular complexity index is 1040. The van der Waals surface area contributed by atoms with Crippen LogP contribution in [0.4, 0.5) is 11.4 Å². The summed E-state index contributed by atoms with van der Waals surface area (Å²) in [5.41, 5.74) is 5.15. The van der Waals surface area contributed by atoms with Gasteiger partial charge in [0.25, 0.3) is 0 Å². The number of hydroxylamine groups is 4. The van der Waals surface area contributed by atoms with Gasteiger partial charge in [0.05, 0.1) is 0 Å². The van der Waals surface area contributed by atoms with Gasteiger partial charge >= 0.3 is 0 Å². The van der Waals surface area contributed by atoms with E-state index < -0.39 is 10.4 Å². The van der Waals surface area contributed by atoms with E-state index in [1.807, 2.05) is 12.2 Å². The molecule has 0 N–H and O–H groups in total. The Morgan fingerprint density at radius 1 is 0.784 bits per heavy atom. The van der Waals surface area contributed by atoms with Gasteiger partial charge in [0.15, 0.2) is 36.5 Å². The third kappa shape index (κ3) is 8.86. The molecule has 2 aliphatic heterocycles. The summed E-state index contributed by atoms with van der Waals surface area (Å²) in [7, 11) is -5.17. The van der Waals surface area contributed by atoms with Gasteiger partial charge in [-0.2, -0.15) is 9.68 Å². The molecule has 2 aliphatic rings. The molecule has 4 rings (SSSR count). The Balaban J connectivity index is 0.000000221. The van der Waals surface area contributed by atoms with Gasteiger partial charge in [-0.15, -0.1) is 22.5 Å². The molecule has 4 atom stereocenters. The summed E-state index contributed by atoms with van der Waals surface area (Å²) < 4.78 is 35.5. The van der Waals surface area contributed by atoms with E-state index in [4.69, 9.17) is 27.2 Å². The van der Waals surface area contributed by atoms with Crippen molar-refractivity contribution in [2.75, 3.05) is 26.3 Å². The molecule has 0 saturated carbocycles. The predicted molar refractivity (Wildman–Crippen MR) is 147 cm³/mol. The van der Waals surface area contributed by atoms with Crippen LogP contribution >= 0.6 is 0 Å². The molecule has 4 unspecified atom stereocenters. The minimum atomic E-state index is -5.17. The molecule has 0 spiro atoms. The maximum absolute atomic E-state index is 8.52. The maximum Gasteiger partial charge on any atom is 0.174 e. The van der Waals surface area contributed by atoms with E-state index in [-0.39, 0.29) is 0 Å². The minimum Gasteiger partial charge on any atom is -0.759 e. The van der Waals surface area contributed by atoms with Gasteiger partial charge in [-0.3, -0.25) is 8.42 Å². The van der Waals surface area contributed by atoms with Crippen molar-refractivity contribution in [1.82, 2.24) is 9.29 Å². The van der Waals surface area contributed by atoms with Crippen LogP contribution in [0.1, 0.15) is 38.8 Å². The maximum atomic E-state index is 8.52. The molecular weight excluding hydrogens is 492 g/mol. The fraction of sp³-hybridized carbons (Fsp3) is 0.429. The van der Waals surface area contributed by atoms with Crippen molar-refractivity contribution in [3.05, 3.63) is 85.0 Å². The molecule has 2 aromatic carbocycles. The van der Waals surface area contributed by atoms with Gasteiger partial charge in [-0.05, 0) is 51.7 Å². The summed E-state index contributed by atoms with van der Waals surface area (Å²) in [4.78, 5) is 11.7. The van der Waals surface area contributed by atoms with Crippen molar-refractivity contribution in [1.29, 1.82) is 0 Å². The molecule has 0 amide bonds. The minimum absolute atomic E-state index is 0.588. The van der Waals surface area contributed by atoms with Crippen LogP contribution in [0, 0.1) is 0 Å². The summed E-state index contributed by atoms with van der Waals surface area (Å²) in [6.07, 6.45) is 5.73. The van der Waals surface area contributed by atoms with Crippen LogP contribution in [-0.4, -0.2) is 55.9 Å². The van der Waals surface area contributed by atoms with Crippen molar-refractivity contribution >= 4 is 21.8 Å². The zero-order valence-electron chi connectivity index (χ0n) is 22.3. The van der Waals surface area contributed by atoms with E-state index in [9.17, 15) is 0 Å². The summed E-state index contributed by atoms with van der Waals surface area (Å²) in [6.45, 7) is 19.8. The van der Waals surface area contributed by atoms with Crippen molar-refractivity contribution in [2.45, 2.75) is 52.6 Å². The molecule has 2 heterocycles. The second-order valence-electron chi connectivity index (χ2n) is 9.22. The Morgan fingerprint density at radius 3 is 1.24 bits per heavy atom. The first-order valence-electron chi connectivity index (χ1n) is 12.6. The Kier molecular flexibility index (Phi) is 11.2. The van der Waals surface area contributed by atoms with Gasteiger partial charge in [-0.1, -0.05) is 36.4 Å². The van der Waals surface area contributed by atoms with E-state index in [1.54, 1.807) is 0 Å². The first-order valence-corrected chi connectivity index (χ1v) is 13.9. The van der Waals surface area contributed by atoms with Gasteiger partial charge in [0, 0.05) is 34.7 Å². The Hall–Kier alpha value is -2.37. The third-order valence-electron chi connectivity index (χ3n) is 6.45. The number of rotatable bonds is 10. The normalized spacial score (nSPS) is 25.6. The SMILES string of the molecule is C=CCc1ccc([N+]2(OCC)CC2C)cc1.C=CCc1ccc([N+]2(OCC)CC2C)cc1.O=S(=O)([O-])[O-]. The fourth-order valence-electron chi connectivity index (χ4n) is 4.48. The van der Waals surface area contributed by atoms with Crippen LogP contribution in [0.15, 0.2) is 73.8 Å². The number of quaternary nitrogens is 2. The van der Waals surface area contributed by atoms with E-state index in [0.717, 1.165) is 39.1 Å². The quantitative estimate of drug-likeness (QED) is 0.143. The summed E-state index contributed by atoms with van der Waals surface area (Å²) in [5, 5.41) is 0. The highest BCUT2D eigenvalue weighted by Gasteiger charge is 2.57. The molecule has 2 fully saturated rings. The van der Waals surface area contributed by atoms with Gasteiger partial charge in [0.1, 0.15) is 13.2 Å². The van der Waals surface area contributed by atoms with Crippen LogP contribution in [0.2, 0.25) is 0 Å². The molecule has 0 aromatic heterocycles. The molecule has 0 aliphatic carbocycles. The fourth-order valence-corrected chi connectivity index (χ4v) is 4.48. The summed E-state index contributed by atoms with van der Waals surface area (Å²) in [6, 6.07) is 18.6. The highest BCUT2D eigenvalue weighted by atomic mass is 32.3. The van der Waals surface area contributed by atoms with E-state index in [2.05, 4.69) is 89.4 Å². The Morgan fingerprint density at radius 2 is 1.05 bits per heavy atom. The number of benzene rings is 2. The summed E-state index contributed by atoms with van der Waals surface area (Å²) >= 11 is 0. The van der Waals surface area contributed by atoms with E-state index >= 15 is 0 Å². The molecule has 2 aromatic rings. The topological polar surface area (TPSA) is 98.7 Å². The first-order chi connectivity index (χ1) is 17.5. The lowest BCUT2D eigenvalue weighted by Crippen LogP contribution is -2.28. The first kappa shape index (κ1) is 30.9. The van der Waals surface area contributed by atoms with Crippen LogP contribution < -0.4 is 9.29 Å². The second kappa shape index (κ2) is 13.4. The highest BCUT2D eigenvalue weighted by molar-refractivity contribution is 7.79. The van der Waals surface area contributed by atoms with Gasteiger partial charge in [-0.25, -0.2) is 0 Å². The lowest BCUT2D eigenvalue weighted by atomic mass is 10.1. The van der Waals surface area contributed by atoms with Crippen LogP contribution in [-0.2, 0) is 32.9 Å². The lowest BCUT2D eigenvalue weighted by Gasteiger charge is -2.16. The predicted octanol–water partition coefficient (Wildman–Crippen LogP) is 4.81. The van der Waals surface area contributed by atoms with Crippen molar-refractivity contribution in [3.63, 3.8) is 0 Å². The molecule has 9 heteroatoms. The van der Waals surface area contributed by atoms with Crippen molar-refractivity contribution in [2.24, 2.45) is 0 Å². The smallest absolute Gasteiger partial charge is 0.174 e. The van der Waals surface area contributed by atoms with Gasteiger partial charge < -0.3 is 9.11 Å². The average Bonchev–Trinajstić information content (AvgIpc) is 3.70. The van der Waals surface area contributed by atoms with Crippen molar-refractivity contribution in [3.8, 4) is 0 Å². The second-order valence-corrected chi connectivity index (χ2v) is 10.0. The molecule has 0 bridgehead atoms. The molecule has 8 nitrogen and oxygen atoms in total. The monoisotopic (exact) mass is 532 g/mol. The molecular formula is C28H40N2O6S. The number of hydrogen-bond donors (Lipinski definition) is 0. The molecule has 37 heavy (non-hydrogen) atoms.